The standard InChI is InChI=1S/C16H19N/c1-17(2)16-11-7-6-10-15(16)13-12-14-8-4-3-5-9-14/h3-11H,12-13H2,1-2H3. The second-order valence-corrected chi connectivity index (χ2v) is 4.51. The van der Waals surface area contributed by atoms with Crippen LogP contribution in [0.15, 0.2) is 54.6 Å². The van der Waals surface area contributed by atoms with Gasteiger partial charge in [-0.2, -0.15) is 0 Å². The highest BCUT2D eigenvalue weighted by molar-refractivity contribution is 5.52. The Morgan fingerprint density at radius 3 is 2.12 bits per heavy atom. The first-order chi connectivity index (χ1) is 8.27. The molecule has 0 fully saturated rings. The average molecular weight is 225 g/mol. The number of rotatable bonds is 4. The van der Waals surface area contributed by atoms with Gasteiger partial charge in [-0.25, -0.2) is 0 Å². The van der Waals surface area contributed by atoms with Crippen LogP contribution in [0.2, 0.25) is 0 Å². The third-order valence-electron chi connectivity index (χ3n) is 3.00. The van der Waals surface area contributed by atoms with Crippen molar-refractivity contribution < 1.29 is 0 Å². The molecule has 0 aliphatic heterocycles. The fourth-order valence-corrected chi connectivity index (χ4v) is 2.08. The first-order valence-electron chi connectivity index (χ1n) is 6.06. The second kappa shape index (κ2) is 5.53. The number of anilines is 1. The Labute approximate surface area is 104 Å². The molecular weight excluding hydrogens is 206 g/mol. The molecule has 0 heterocycles. The molecule has 0 spiro atoms. The van der Waals surface area contributed by atoms with Crippen molar-refractivity contribution in [1.29, 1.82) is 0 Å². The number of benzene rings is 2. The predicted molar refractivity (Wildman–Crippen MR) is 74.6 cm³/mol. The van der Waals surface area contributed by atoms with E-state index in [0.717, 1.165) is 12.8 Å². The summed E-state index contributed by atoms with van der Waals surface area (Å²) >= 11 is 0. The van der Waals surface area contributed by atoms with E-state index in [2.05, 4.69) is 73.6 Å². The van der Waals surface area contributed by atoms with Gasteiger partial charge in [0.15, 0.2) is 0 Å². The molecule has 1 heteroatoms. The molecule has 2 rings (SSSR count). The molecule has 88 valence electrons. The molecule has 0 bridgehead atoms. The van der Waals surface area contributed by atoms with E-state index in [1.807, 2.05) is 0 Å². The molecule has 0 aliphatic carbocycles. The Bertz CT molecular complexity index is 460. The van der Waals surface area contributed by atoms with E-state index in [0.29, 0.717) is 0 Å². The molecule has 1 nitrogen and oxygen atoms in total. The highest BCUT2D eigenvalue weighted by atomic mass is 15.1. The molecule has 0 saturated heterocycles. The van der Waals surface area contributed by atoms with Crippen molar-refractivity contribution in [3.05, 3.63) is 65.7 Å². The topological polar surface area (TPSA) is 3.24 Å². The summed E-state index contributed by atoms with van der Waals surface area (Å²) in [6.45, 7) is 0. The first kappa shape index (κ1) is 11.7. The van der Waals surface area contributed by atoms with Crippen molar-refractivity contribution in [2.45, 2.75) is 12.8 Å². The van der Waals surface area contributed by atoms with Gasteiger partial charge in [0, 0.05) is 19.8 Å². The molecule has 0 amide bonds. The van der Waals surface area contributed by atoms with Crippen molar-refractivity contribution in [1.82, 2.24) is 0 Å². The average Bonchev–Trinajstić information content (AvgIpc) is 2.38. The van der Waals surface area contributed by atoms with E-state index < -0.39 is 0 Å². The van der Waals surface area contributed by atoms with Gasteiger partial charge in [-0.1, -0.05) is 48.5 Å². The molecule has 17 heavy (non-hydrogen) atoms. The van der Waals surface area contributed by atoms with Crippen molar-refractivity contribution in [3.63, 3.8) is 0 Å². The molecule has 0 saturated carbocycles. The van der Waals surface area contributed by atoms with E-state index in [1.165, 1.54) is 16.8 Å². The van der Waals surface area contributed by atoms with Gasteiger partial charge in [-0.3, -0.25) is 0 Å². The highest BCUT2D eigenvalue weighted by Gasteiger charge is 2.03. The van der Waals surface area contributed by atoms with Crippen LogP contribution in [-0.4, -0.2) is 14.1 Å². The molecule has 0 radical (unpaired) electrons. The van der Waals surface area contributed by atoms with Gasteiger partial charge in [0.2, 0.25) is 0 Å². The van der Waals surface area contributed by atoms with E-state index >= 15 is 0 Å². The zero-order valence-corrected chi connectivity index (χ0v) is 10.6. The largest absolute Gasteiger partial charge is 0.377 e. The van der Waals surface area contributed by atoms with Gasteiger partial charge < -0.3 is 4.90 Å². The van der Waals surface area contributed by atoms with Gasteiger partial charge in [0.25, 0.3) is 0 Å². The number of aryl methyl sites for hydroxylation is 2. The second-order valence-electron chi connectivity index (χ2n) is 4.51. The molecule has 0 aliphatic rings. The molecule has 2 aromatic carbocycles. The quantitative estimate of drug-likeness (QED) is 0.769. The summed E-state index contributed by atoms with van der Waals surface area (Å²) in [6.07, 6.45) is 2.20. The monoisotopic (exact) mass is 225 g/mol. The minimum atomic E-state index is 1.10. The predicted octanol–water partition coefficient (Wildman–Crippen LogP) is 3.54. The maximum atomic E-state index is 2.22. The van der Waals surface area contributed by atoms with E-state index in [-0.39, 0.29) is 0 Å². The number of hydrogen-bond donors (Lipinski definition) is 0. The summed E-state index contributed by atoms with van der Waals surface area (Å²) in [7, 11) is 4.20. The fraction of sp³-hybridized carbons (Fsp3) is 0.250. The summed E-state index contributed by atoms with van der Waals surface area (Å²) in [6, 6.07) is 19.3. The van der Waals surface area contributed by atoms with Crippen LogP contribution in [0.1, 0.15) is 11.1 Å². The molecular formula is C16H19N. The summed E-state index contributed by atoms with van der Waals surface area (Å²) < 4.78 is 0. The van der Waals surface area contributed by atoms with E-state index in [4.69, 9.17) is 0 Å². The fourth-order valence-electron chi connectivity index (χ4n) is 2.08. The third-order valence-corrected chi connectivity index (χ3v) is 3.00. The zero-order chi connectivity index (χ0) is 12.1. The lowest BCUT2D eigenvalue weighted by Gasteiger charge is -2.17. The Kier molecular flexibility index (Phi) is 3.81. The van der Waals surface area contributed by atoms with Crippen molar-refractivity contribution in [3.8, 4) is 0 Å². The van der Waals surface area contributed by atoms with Crippen LogP contribution in [-0.2, 0) is 12.8 Å². The van der Waals surface area contributed by atoms with Crippen LogP contribution in [0.4, 0.5) is 5.69 Å². The molecule has 0 unspecified atom stereocenters. The number of para-hydroxylation sites is 1. The van der Waals surface area contributed by atoms with Crippen LogP contribution in [0.25, 0.3) is 0 Å². The van der Waals surface area contributed by atoms with Gasteiger partial charge in [0.05, 0.1) is 0 Å². The minimum absolute atomic E-state index is 1.10. The maximum Gasteiger partial charge on any atom is 0.0393 e. The van der Waals surface area contributed by atoms with Gasteiger partial charge in [-0.15, -0.1) is 0 Å². The van der Waals surface area contributed by atoms with Crippen LogP contribution in [0.3, 0.4) is 0 Å². The minimum Gasteiger partial charge on any atom is -0.377 e. The summed E-state index contributed by atoms with van der Waals surface area (Å²) in [5, 5.41) is 0. The van der Waals surface area contributed by atoms with Crippen molar-refractivity contribution in [2.24, 2.45) is 0 Å². The van der Waals surface area contributed by atoms with Crippen LogP contribution in [0, 0.1) is 0 Å². The van der Waals surface area contributed by atoms with Gasteiger partial charge >= 0.3 is 0 Å². The van der Waals surface area contributed by atoms with Gasteiger partial charge in [-0.05, 0) is 30.0 Å². The highest BCUT2D eigenvalue weighted by Crippen LogP contribution is 2.19. The Hall–Kier alpha value is -1.76. The smallest absolute Gasteiger partial charge is 0.0393 e. The summed E-state index contributed by atoms with van der Waals surface area (Å²) in [4.78, 5) is 2.18. The SMILES string of the molecule is CN(C)c1ccccc1CCc1ccccc1. The van der Waals surface area contributed by atoms with E-state index in [1.54, 1.807) is 0 Å². The molecule has 0 N–H and O–H groups in total. The summed E-state index contributed by atoms with van der Waals surface area (Å²) in [5.74, 6) is 0. The molecule has 0 atom stereocenters. The van der Waals surface area contributed by atoms with Gasteiger partial charge in [0.1, 0.15) is 0 Å². The normalized spacial score (nSPS) is 10.2. The van der Waals surface area contributed by atoms with Crippen LogP contribution < -0.4 is 4.90 Å². The summed E-state index contributed by atoms with van der Waals surface area (Å²) in [5.41, 5.74) is 4.14. The zero-order valence-electron chi connectivity index (χ0n) is 10.6. The number of hydrogen-bond acceptors (Lipinski definition) is 1. The van der Waals surface area contributed by atoms with Crippen molar-refractivity contribution >= 4 is 5.69 Å². The Morgan fingerprint density at radius 2 is 1.41 bits per heavy atom. The van der Waals surface area contributed by atoms with Crippen molar-refractivity contribution in [2.75, 3.05) is 19.0 Å². The lowest BCUT2D eigenvalue weighted by atomic mass is 10.0. The van der Waals surface area contributed by atoms with E-state index in [9.17, 15) is 0 Å². The van der Waals surface area contributed by atoms with Crippen LogP contribution >= 0.6 is 0 Å². The third kappa shape index (κ3) is 3.10. The number of nitrogens with zero attached hydrogens (tertiary/aromatic N) is 1. The lowest BCUT2D eigenvalue weighted by Crippen LogP contribution is -2.11. The molecule has 2 aromatic rings. The first-order valence-corrected chi connectivity index (χ1v) is 6.06. The Balaban J connectivity index is 2.09. The molecule has 0 aromatic heterocycles. The van der Waals surface area contributed by atoms with Crippen LogP contribution in [0.5, 0.6) is 0 Å². The lowest BCUT2D eigenvalue weighted by molar-refractivity contribution is 0.946. The Morgan fingerprint density at radius 1 is 0.765 bits per heavy atom. The maximum absolute atomic E-state index is 2.22.